The van der Waals surface area contributed by atoms with Crippen LogP contribution in [0.2, 0.25) is 0 Å². The van der Waals surface area contributed by atoms with Gasteiger partial charge in [-0.25, -0.2) is 4.98 Å². The number of hydrogen-bond donors (Lipinski definition) is 1. The lowest BCUT2D eigenvalue weighted by Gasteiger charge is -2.07. The van der Waals surface area contributed by atoms with Gasteiger partial charge in [0.05, 0.1) is 17.8 Å². The van der Waals surface area contributed by atoms with Crippen molar-refractivity contribution in [2.45, 2.75) is 19.6 Å². The van der Waals surface area contributed by atoms with Gasteiger partial charge < -0.3 is 9.72 Å². The largest absolute Gasteiger partial charge is 0.416 e. The molecule has 0 saturated heterocycles. The lowest BCUT2D eigenvalue weighted by molar-refractivity contribution is -0.137. The van der Waals surface area contributed by atoms with E-state index in [1.165, 1.54) is 0 Å². The van der Waals surface area contributed by atoms with E-state index in [-0.39, 0.29) is 12.1 Å². The second-order valence-corrected chi connectivity index (χ2v) is 5.39. The Kier molecular flexibility index (Phi) is 4.01. The number of hydrogen-bond acceptors (Lipinski definition) is 2. The Hall–Kier alpha value is -2.83. The normalized spacial score (nSPS) is 11.7. The minimum absolute atomic E-state index is 0.169. The maximum atomic E-state index is 12.5. The van der Waals surface area contributed by atoms with Crippen LogP contribution in [0.5, 0.6) is 0 Å². The van der Waals surface area contributed by atoms with Gasteiger partial charge >= 0.3 is 6.18 Å². The molecule has 0 fully saturated rings. The van der Waals surface area contributed by atoms with E-state index in [0.29, 0.717) is 5.69 Å². The van der Waals surface area contributed by atoms with Gasteiger partial charge in [0.15, 0.2) is 0 Å². The van der Waals surface area contributed by atoms with E-state index < -0.39 is 17.6 Å². The van der Waals surface area contributed by atoms with E-state index in [9.17, 15) is 18.0 Å². The number of rotatable bonds is 3. The molecule has 0 aliphatic carbocycles. The predicted octanol–water partition coefficient (Wildman–Crippen LogP) is 3.59. The highest BCUT2D eigenvalue weighted by Gasteiger charge is 2.30. The number of amides is 1. The smallest absolute Gasteiger partial charge is 0.346 e. The molecule has 3 aromatic rings. The average molecular weight is 333 g/mol. The average Bonchev–Trinajstić information content (AvgIpc) is 2.96. The first-order valence-corrected chi connectivity index (χ1v) is 7.23. The third kappa shape index (κ3) is 3.24. The van der Waals surface area contributed by atoms with E-state index in [2.05, 4.69) is 10.3 Å². The Morgan fingerprint density at radius 3 is 2.50 bits per heavy atom. The van der Waals surface area contributed by atoms with Crippen molar-refractivity contribution in [1.29, 1.82) is 0 Å². The molecule has 2 heterocycles. The maximum Gasteiger partial charge on any atom is 0.416 e. The fraction of sp³-hybridized carbons (Fsp3) is 0.176. The molecule has 0 unspecified atom stereocenters. The Bertz CT molecular complexity index is 882. The number of nitrogens with zero attached hydrogens (tertiary/aromatic N) is 2. The molecule has 0 saturated carbocycles. The Balaban J connectivity index is 1.69. The molecule has 0 bridgehead atoms. The number of nitrogens with one attached hydrogen (secondary N) is 1. The molecule has 0 aliphatic rings. The fourth-order valence-corrected chi connectivity index (χ4v) is 2.37. The van der Waals surface area contributed by atoms with E-state index in [1.54, 1.807) is 0 Å². The van der Waals surface area contributed by atoms with Crippen molar-refractivity contribution < 1.29 is 18.0 Å². The number of alkyl halides is 3. The summed E-state index contributed by atoms with van der Waals surface area (Å²) in [6.45, 7) is 2.14. The molecule has 0 radical (unpaired) electrons. The summed E-state index contributed by atoms with van der Waals surface area (Å²) < 4.78 is 39.4. The molecule has 0 atom stereocenters. The number of fused-ring (bicyclic) bond motifs is 1. The first kappa shape index (κ1) is 16.0. The van der Waals surface area contributed by atoms with E-state index in [4.69, 9.17) is 0 Å². The summed E-state index contributed by atoms with van der Waals surface area (Å²) in [5, 5.41) is 2.66. The number of halogens is 3. The summed E-state index contributed by atoms with van der Waals surface area (Å²) >= 11 is 0. The summed E-state index contributed by atoms with van der Waals surface area (Å²) in [7, 11) is 0. The topological polar surface area (TPSA) is 46.4 Å². The standard InChI is InChI=1S/C17H14F3N3O/c1-11-3-2-4-15-22-14(10-23(11)15)9-21-16(24)12-5-7-13(8-6-12)17(18,19)20/h2-8,10H,9H2,1H3,(H,21,24). The zero-order valence-electron chi connectivity index (χ0n) is 12.8. The Morgan fingerprint density at radius 1 is 1.17 bits per heavy atom. The second-order valence-electron chi connectivity index (χ2n) is 5.39. The highest BCUT2D eigenvalue weighted by Crippen LogP contribution is 2.29. The van der Waals surface area contributed by atoms with Crippen LogP contribution in [-0.4, -0.2) is 15.3 Å². The summed E-state index contributed by atoms with van der Waals surface area (Å²) in [6.07, 6.45) is -2.60. The van der Waals surface area contributed by atoms with Crippen LogP contribution in [0.3, 0.4) is 0 Å². The zero-order valence-corrected chi connectivity index (χ0v) is 12.8. The predicted molar refractivity (Wildman–Crippen MR) is 82.5 cm³/mol. The van der Waals surface area contributed by atoms with Gasteiger partial charge in [-0.1, -0.05) is 6.07 Å². The van der Waals surface area contributed by atoms with Gasteiger partial charge in [0, 0.05) is 17.5 Å². The van der Waals surface area contributed by atoms with Crippen molar-refractivity contribution in [3.8, 4) is 0 Å². The first-order chi connectivity index (χ1) is 11.3. The summed E-state index contributed by atoms with van der Waals surface area (Å²) in [5.74, 6) is -0.447. The van der Waals surface area contributed by atoms with Crippen LogP contribution in [0.15, 0.2) is 48.7 Å². The van der Waals surface area contributed by atoms with E-state index >= 15 is 0 Å². The van der Waals surface area contributed by atoms with Crippen molar-refractivity contribution in [2.75, 3.05) is 0 Å². The highest BCUT2D eigenvalue weighted by molar-refractivity contribution is 5.94. The minimum atomic E-state index is -4.41. The minimum Gasteiger partial charge on any atom is -0.346 e. The number of imidazole rings is 1. The fourth-order valence-electron chi connectivity index (χ4n) is 2.37. The SMILES string of the molecule is Cc1cccc2nc(CNC(=O)c3ccc(C(F)(F)F)cc3)cn12. The molecule has 1 aromatic carbocycles. The molecule has 7 heteroatoms. The molecule has 1 amide bonds. The lowest BCUT2D eigenvalue weighted by atomic mass is 10.1. The summed E-state index contributed by atoms with van der Waals surface area (Å²) in [6, 6.07) is 9.79. The van der Waals surface area contributed by atoms with Gasteiger partial charge in [-0.15, -0.1) is 0 Å². The van der Waals surface area contributed by atoms with Gasteiger partial charge in [0.25, 0.3) is 5.91 Å². The van der Waals surface area contributed by atoms with Gasteiger partial charge in [-0.2, -0.15) is 13.2 Å². The van der Waals surface area contributed by atoms with Crippen molar-refractivity contribution in [3.63, 3.8) is 0 Å². The number of pyridine rings is 1. The quantitative estimate of drug-likeness (QED) is 0.796. The number of benzene rings is 1. The molecular formula is C17H14F3N3O. The van der Waals surface area contributed by atoms with E-state index in [1.807, 2.05) is 35.7 Å². The second kappa shape index (κ2) is 5.99. The number of aromatic nitrogens is 2. The number of carbonyl (C=O) groups is 1. The van der Waals surface area contributed by atoms with Crippen molar-refractivity contribution in [3.05, 3.63) is 71.2 Å². The number of aryl methyl sites for hydroxylation is 1. The number of carbonyl (C=O) groups excluding carboxylic acids is 1. The van der Waals surface area contributed by atoms with Gasteiger partial charge in [0.1, 0.15) is 5.65 Å². The first-order valence-electron chi connectivity index (χ1n) is 7.23. The highest BCUT2D eigenvalue weighted by atomic mass is 19.4. The molecule has 0 spiro atoms. The van der Waals surface area contributed by atoms with Crippen LogP contribution >= 0.6 is 0 Å². The molecule has 4 nitrogen and oxygen atoms in total. The molecule has 1 N–H and O–H groups in total. The maximum absolute atomic E-state index is 12.5. The van der Waals surface area contributed by atoms with Crippen LogP contribution in [0.4, 0.5) is 13.2 Å². The lowest BCUT2D eigenvalue weighted by Crippen LogP contribution is -2.23. The monoisotopic (exact) mass is 333 g/mol. The Morgan fingerprint density at radius 2 is 1.88 bits per heavy atom. The summed E-state index contributed by atoms with van der Waals surface area (Å²) in [4.78, 5) is 16.4. The third-order valence-corrected chi connectivity index (χ3v) is 3.65. The molecule has 124 valence electrons. The van der Waals surface area contributed by atoms with Gasteiger partial charge in [-0.3, -0.25) is 4.79 Å². The zero-order chi connectivity index (χ0) is 17.3. The molecule has 0 aliphatic heterocycles. The molecule has 2 aromatic heterocycles. The van der Waals surface area contributed by atoms with Crippen LogP contribution in [0, 0.1) is 6.92 Å². The van der Waals surface area contributed by atoms with Crippen LogP contribution in [0.1, 0.15) is 27.3 Å². The van der Waals surface area contributed by atoms with Crippen molar-refractivity contribution in [2.24, 2.45) is 0 Å². The van der Waals surface area contributed by atoms with Crippen molar-refractivity contribution >= 4 is 11.6 Å². The van der Waals surface area contributed by atoms with Crippen LogP contribution in [-0.2, 0) is 12.7 Å². The van der Waals surface area contributed by atoms with Gasteiger partial charge in [0.2, 0.25) is 0 Å². The van der Waals surface area contributed by atoms with Gasteiger partial charge in [-0.05, 0) is 43.3 Å². The van der Waals surface area contributed by atoms with Crippen LogP contribution < -0.4 is 5.32 Å². The molecule has 3 rings (SSSR count). The third-order valence-electron chi connectivity index (χ3n) is 3.65. The molecular weight excluding hydrogens is 319 g/mol. The summed E-state index contributed by atoms with van der Waals surface area (Å²) in [5.41, 5.74) is 1.84. The van der Waals surface area contributed by atoms with Crippen molar-refractivity contribution in [1.82, 2.24) is 14.7 Å². The van der Waals surface area contributed by atoms with E-state index in [0.717, 1.165) is 35.6 Å². The van der Waals surface area contributed by atoms with Crippen LogP contribution in [0.25, 0.3) is 5.65 Å². The Labute approximate surface area is 135 Å². The molecule has 24 heavy (non-hydrogen) atoms.